The van der Waals surface area contributed by atoms with Crippen LogP contribution >= 0.6 is 35.0 Å². The number of carbonyl (C=O) groups is 3. The highest BCUT2D eigenvalue weighted by Crippen LogP contribution is 2.37. The van der Waals surface area contributed by atoms with Crippen LogP contribution in [0.25, 0.3) is 6.08 Å². The second-order valence-electron chi connectivity index (χ2n) is 4.59. The Kier molecular flexibility index (Phi) is 6.15. The molecule has 1 heterocycles. The largest absolute Gasteiger partial charge is 0.494 e. The van der Waals surface area contributed by atoms with Gasteiger partial charge >= 0.3 is 5.97 Å². The zero-order valence-corrected chi connectivity index (χ0v) is 15.1. The van der Waals surface area contributed by atoms with Crippen LogP contribution in [0.15, 0.2) is 17.0 Å². The number of imide groups is 1. The summed E-state index contributed by atoms with van der Waals surface area (Å²) in [6.07, 6.45) is 1.48. The second-order valence-corrected chi connectivity index (χ2v) is 6.40. The minimum Gasteiger partial charge on any atom is -0.494 e. The first-order valence-electron chi connectivity index (χ1n) is 6.81. The van der Waals surface area contributed by atoms with Crippen LogP contribution in [-0.2, 0) is 14.3 Å². The van der Waals surface area contributed by atoms with Crippen LogP contribution in [0.4, 0.5) is 4.79 Å². The smallest absolute Gasteiger partial charge is 0.326 e. The maximum Gasteiger partial charge on any atom is 0.326 e. The summed E-state index contributed by atoms with van der Waals surface area (Å²) in [5.41, 5.74) is 0.535. The van der Waals surface area contributed by atoms with Crippen LogP contribution in [0.2, 0.25) is 10.0 Å². The number of rotatable bonds is 5. The molecule has 2 amide bonds. The lowest BCUT2D eigenvalue weighted by Crippen LogP contribution is -2.34. The van der Waals surface area contributed by atoms with Gasteiger partial charge in [0, 0.05) is 0 Å². The van der Waals surface area contributed by atoms with E-state index < -0.39 is 23.7 Å². The molecule has 1 fully saturated rings. The molecule has 0 aromatic heterocycles. The highest BCUT2D eigenvalue weighted by molar-refractivity contribution is 8.18. The minimum atomic E-state index is -0.642. The van der Waals surface area contributed by atoms with Crippen molar-refractivity contribution in [2.24, 2.45) is 0 Å². The number of hydrogen-bond acceptors (Lipinski definition) is 6. The molecule has 0 atom stereocenters. The summed E-state index contributed by atoms with van der Waals surface area (Å²) in [6, 6.07) is 3.12. The molecule has 0 N–H and O–H groups in total. The zero-order chi connectivity index (χ0) is 17.9. The predicted octanol–water partition coefficient (Wildman–Crippen LogP) is 3.60. The fourth-order valence-electron chi connectivity index (χ4n) is 1.98. The maximum absolute atomic E-state index is 12.3. The molecule has 2 rings (SSSR count). The molecule has 0 aliphatic carbocycles. The van der Waals surface area contributed by atoms with Crippen LogP contribution in [0.5, 0.6) is 5.75 Å². The van der Waals surface area contributed by atoms with Gasteiger partial charge in [0.2, 0.25) is 0 Å². The summed E-state index contributed by atoms with van der Waals surface area (Å²) in [4.78, 5) is 36.6. The van der Waals surface area contributed by atoms with Gasteiger partial charge in [0.1, 0.15) is 6.54 Å². The van der Waals surface area contributed by atoms with Gasteiger partial charge in [-0.25, -0.2) is 0 Å². The number of ether oxygens (including phenoxy) is 2. The third kappa shape index (κ3) is 4.03. The lowest BCUT2D eigenvalue weighted by molar-refractivity contribution is -0.145. The molecule has 1 aliphatic rings. The van der Waals surface area contributed by atoms with Gasteiger partial charge in [-0.15, -0.1) is 0 Å². The molecular weight excluding hydrogens is 377 g/mol. The van der Waals surface area contributed by atoms with E-state index in [0.29, 0.717) is 11.3 Å². The van der Waals surface area contributed by atoms with Gasteiger partial charge in [0.05, 0.1) is 28.7 Å². The topological polar surface area (TPSA) is 72.9 Å². The average Bonchev–Trinajstić information content (AvgIpc) is 2.75. The number of benzene rings is 1. The van der Waals surface area contributed by atoms with E-state index in [-0.39, 0.29) is 21.6 Å². The molecule has 0 spiro atoms. The predicted molar refractivity (Wildman–Crippen MR) is 92.3 cm³/mol. The number of esters is 1. The first kappa shape index (κ1) is 18.6. The molecule has 1 aromatic rings. The first-order chi connectivity index (χ1) is 11.4. The Labute approximate surface area is 152 Å². The minimum absolute atomic E-state index is 0.168. The summed E-state index contributed by atoms with van der Waals surface area (Å²) in [6.45, 7) is 1.40. The van der Waals surface area contributed by atoms with E-state index in [1.54, 1.807) is 19.1 Å². The van der Waals surface area contributed by atoms with Crippen molar-refractivity contribution in [1.82, 2.24) is 4.90 Å². The van der Waals surface area contributed by atoms with E-state index in [2.05, 4.69) is 0 Å². The zero-order valence-electron chi connectivity index (χ0n) is 12.8. The molecule has 6 nitrogen and oxygen atoms in total. The molecule has 1 saturated heterocycles. The van der Waals surface area contributed by atoms with Gasteiger partial charge in [-0.05, 0) is 42.5 Å². The number of nitrogens with zero attached hydrogens (tertiary/aromatic N) is 1. The summed E-state index contributed by atoms with van der Waals surface area (Å²) in [5.74, 6) is -0.886. The van der Waals surface area contributed by atoms with Crippen molar-refractivity contribution in [3.8, 4) is 5.75 Å². The first-order valence-corrected chi connectivity index (χ1v) is 8.38. The van der Waals surface area contributed by atoms with Crippen LogP contribution in [0.3, 0.4) is 0 Å². The van der Waals surface area contributed by atoms with Crippen molar-refractivity contribution in [3.63, 3.8) is 0 Å². The maximum atomic E-state index is 12.3. The van der Waals surface area contributed by atoms with Gasteiger partial charge in [-0.1, -0.05) is 23.2 Å². The van der Waals surface area contributed by atoms with E-state index in [1.807, 2.05) is 0 Å². The lowest BCUT2D eigenvalue weighted by atomic mass is 10.2. The molecule has 128 valence electrons. The number of amides is 2. The van der Waals surface area contributed by atoms with Crippen molar-refractivity contribution in [1.29, 1.82) is 0 Å². The Hall–Kier alpha value is -1.70. The summed E-state index contributed by atoms with van der Waals surface area (Å²) >= 11 is 12.8. The molecular formula is C15H13Cl2NO5S. The lowest BCUT2D eigenvalue weighted by Gasteiger charge is -2.10. The second kappa shape index (κ2) is 7.92. The Balaban J connectivity index is 2.24. The quantitative estimate of drug-likeness (QED) is 0.565. The molecule has 0 saturated carbocycles. The van der Waals surface area contributed by atoms with Crippen molar-refractivity contribution in [3.05, 3.63) is 32.6 Å². The standard InChI is InChI=1S/C15H13Cl2NO5S/c1-3-23-12(19)7-18-14(20)11(24-15(18)21)6-8-4-9(16)13(22-2)10(17)5-8/h4-6H,3,7H2,1-2H3/b11-6+. The molecule has 1 aromatic carbocycles. The number of thioether (sulfide) groups is 1. The molecule has 0 radical (unpaired) electrons. The van der Waals surface area contributed by atoms with Crippen molar-refractivity contribution < 1.29 is 23.9 Å². The molecule has 0 bridgehead atoms. The Morgan fingerprint density at radius 2 is 1.92 bits per heavy atom. The van der Waals surface area contributed by atoms with E-state index >= 15 is 0 Å². The highest BCUT2D eigenvalue weighted by Gasteiger charge is 2.36. The molecule has 9 heteroatoms. The normalized spacial score (nSPS) is 16.0. The Bertz CT molecular complexity index is 712. The van der Waals surface area contributed by atoms with E-state index in [4.69, 9.17) is 32.7 Å². The average molecular weight is 390 g/mol. The van der Waals surface area contributed by atoms with E-state index in [0.717, 1.165) is 16.7 Å². The number of hydrogen-bond donors (Lipinski definition) is 0. The van der Waals surface area contributed by atoms with Gasteiger partial charge in [-0.2, -0.15) is 0 Å². The Morgan fingerprint density at radius 3 is 2.46 bits per heavy atom. The SMILES string of the molecule is CCOC(=O)CN1C(=O)S/C(=C/c2cc(Cl)c(OC)c(Cl)c2)C1=O. The van der Waals surface area contributed by atoms with Crippen LogP contribution < -0.4 is 4.74 Å². The summed E-state index contributed by atoms with van der Waals surface area (Å²) in [5, 5.41) is 0.0222. The number of halogens is 2. The van der Waals surface area contributed by atoms with E-state index in [1.165, 1.54) is 13.2 Å². The van der Waals surface area contributed by atoms with Gasteiger partial charge in [0.15, 0.2) is 5.75 Å². The third-order valence-electron chi connectivity index (χ3n) is 2.99. The molecule has 1 aliphatic heterocycles. The summed E-state index contributed by atoms with van der Waals surface area (Å²) < 4.78 is 9.80. The Morgan fingerprint density at radius 1 is 1.29 bits per heavy atom. The fourth-order valence-corrected chi connectivity index (χ4v) is 3.48. The van der Waals surface area contributed by atoms with Gasteiger partial charge in [0.25, 0.3) is 11.1 Å². The molecule has 24 heavy (non-hydrogen) atoms. The van der Waals surface area contributed by atoms with E-state index in [9.17, 15) is 14.4 Å². The van der Waals surface area contributed by atoms with Crippen molar-refractivity contribution in [2.75, 3.05) is 20.3 Å². The van der Waals surface area contributed by atoms with Crippen molar-refractivity contribution in [2.45, 2.75) is 6.92 Å². The number of methoxy groups -OCH3 is 1. The third-order valence-corrected chi connectivity index (χ3v) is 4.46. The van der Waals surface area contributed by atoms with Crippen molar-refractivity contribution >= 4 is 58.2 Å². The van der Waals surface area contributed by atoms with Gasteiger partial charge < -0.3 is 9.47 Å². The van der Waals surface area contributed by atoms with Crippen LogP contribution in [-0.4, -0.2) is 42.3 Å². The highest BCUT2D eigenvalue weighted by atomic mass is 35.5. The van der Waals surface area contributed by atoms with Crippen LogP contribution in [0, 0.1) is 0 Å². The van der Waals surface area contributed by atoms with Gasteiger partial charge in [-0.3, -0.25) is 19.3 Å². The monoisotopic (exact) mass is 389 g/mol. The fraction of sp³-hybridized carbons (Fsp3) is 0.267. The summed E-state index contributed by atoms with van der Waals surface area (Å²) in [7, 11) is 1.44. The number of carbonyl (C=O) groups excluding carboxylic acids is 3. The molecule has 0 unspecified atom stereocenters. The van der Waals surface area contributed by atoms with Crippen LogP contribution in [0.1, 0.15) is 12.5 Å².